The summed E-state index contributed by atoms with van der Waals surface area (Å²) in [6.07, 6.45) is 8.20. The number of hydrogen-bond donors (Lipinski definition) is 0. The van der Waals surface area contributed by atoms with Crippen LogP contribution in [-0.4, -0.2) is 4.98 Å². The third kappa shape index (κ3) is 3.20. The maximum Gasteiger partial charge on any atom is 0.0485 e. The number of nitrogens with zero attached hydrogens (tertiary/aromatic N) is 1. The lowest BCUT2D eigenvalue weighted by atomic mass is 9.95. The molecule has 0 aliphatic rings. The van der Waals surface area contributed by atoms with Gasteiger partial charge in [0.2, 0.25) is 0 Å². The molecule has 0 aliphatic heterocycles. The first-order chi connectivity index (χ1) is 9.81. The highest BCUT2D eigenvalue weighted by Gasteiger charge is 2.12. The molecule has 2 aromatic rings. The van der Waals surface area contributed by atoms with Crippen molar-refractivity contribution in [1.82, 2.24) is 4.98 Å². The molecular formula is C19H27N. The third-order valence-electron chi connectivity index (χ3n) is 3.94. The largest absolute Gasteiger partial charge is 0.257 e. The molecule has 2 rings (SSSR count). The first-order valence-electron chi connectivity index (χ1n) is 8.21. The maximum absolute atomic E-state index is 5.05. The molecule has 1 heterocycles. The van der Waals surface area contributed by atoms with E-state index in [4.69, 9.17) is 4.98 Å². The quantitative estimate of drug-likeness (QED) is 0.648. The van der Waals surface area contributed by atoms with E-state index in [1.165, 1.54) is 53.4 Å². The Balaban J connectivity index is 2.58. The first kappa shape index (κ1) is 15.0. The van der Waals surface area contributed by atoms with Crippen LogP contribution in [-0.2, 0) is 19.3 Å². The Kier molecular flexibility index (Phi) is 5.58. The number of hydrogen-bond acceptors (Lipinski definition) is 1. The predicted octanol–water partition coefficient (Wildman–Crippen LogP) is 5.48. The Morgan fingerprint density at radius 1 is 0.750 bits per heavy atom. The maximum atomic E-state index is 5.05. The number of fused-ring (bicyclic) bond motifs is 1. The van der Waals surface area contributed by atoms with Crippen LogP contribution in [0.5, 0.6) is 0 Å². The highest BCUT2D eigenvalue weighted by molar-refractivity contribution is 5.88. The Labute approximate surface area is 123 Å². The first-order valence-corrected chi connectivity index (χ1v) is 8.21. The molecule has 1 aromatic carbocycles. The molecule has 20 heavy (non-hydrogen) atoms. The van der Waals surface area contributed by atoms with Crippen molar-refractivity contribution in [3.8, 4) is 0 Å². The van der Waals surface area contributed by atoms with Gasteiger partial charge in [-0.1, -0.05) is 64.3 Å². The van der Waals surface area contributed by atoms with Gasteiger partial charge >= 0.3 is 0 Å². The standard InChI is InChI=1S/C19H27N/c1-4-7-14-19-17-13-9-8-12-15(17)16(10-5-2)18(20-19)11-6-3/h8-9,12-13H,4-7,10-11,14H2,1-3H3. The SMILES string of the molecule is CCCCc1nc(CCC)c(CCC)c2ccccc12. The van der Waals surface area contributed by atoms with E-state index in [0.29, 0.717) is 0 Å². The van der Waals surface area contributed by atoms with Crippen LogP contribution < -0.4 is 0 Å². The highest BCUT2D eigenvalue weighted by Crippen LogP contribution is 2.27. The molecule has 0 amide bonds. The summed E-state index contributed by atoms with van der Waals surface area (Å²) < 4.78 is 0. The second-order valence-corrected chi connectivity index (χ2v) is 5.63. The summed E-state index contributed by atoms with van der Waals surface area (Å²) in [4.78, 5) is 5.05. The fraction of sp³-hybridized carbons (Fsp3) is 0.526. The van der Waals surface area contributed by atoms with Gasteiger partial charge in [-0.3, -0.25) is 4.98 Å². The number of benzene rings is 1. The van der Waals surface area contributed by atoms with Gasteiger partial charge in [-0.2, -0.15) is 0 Å². The van der Waals surface area contributed by atoms with Crippen molar-refractivity contribution in [2.45, 2.75) is 65.7 Å². The molecular weight excluding hydrogens is 242 g/mol. The van der Waals surface area contributed by atoms with Gasteiger partial charge < -0.3 is 0 Å². The number of aromatic nitrogens is 1. The van der Waals surface area contributed by atoms with Crippen LogP contribution in [0.1, 0.15) is 63.4 Å². The molecule has 0 saturated heterocycles. The Morgan fingerprint density at radius 2 is 1.45 bits per heavy atom. The molecule has 1 nitrogen and oxygen atoms in total. The lowest BCUT2D eigenvalue weighted by Crippen LogP contribution is -2.04. The van der Waals surface area contributed by atoms with E-state index in [0.717, 1.165) is 19.3 Å². The van der Waals surface area contributed by atoms with E-state index < -0.39 is 0 Å². The molecule has 0 fully saturated rings. The topological polar surface area (TPSA) is 12.9 Å². The van der Waals surface area contributed by atoms with Crippen LogP contribution in [0.25, 0.3) is 10.8 Å². The average molecular weight is 269 g/mol. The van der Waals surface area contributed by atoms with Crippen molar-refractivity contribution in [2.75, 3.05) is 0 Å². The fourth-order valence-corrected chi connectivity index (χ4v) is 2.95. The molecule has 0 atom stereocenters. The Morgan fingerprint density at radius 3 is 2.10 bits per heavy atom. The lowest BCUT2D eigenvalue weighted by molar-refractivity contribution is 0.763. The van der Waals surface area contributed by atoms with Gasteiger partial charge in [-0.15, -0.1) is 0 Å². The van der Waals surface area contributed by atoms with E-state index in [1.54, 1.807) is 0 Å². The van der Waals surface area contributed by atoms with Gasteiger partial charge in [0.05, 0.1) is 0 Å². The zero-order valence-electron chi connectivity index (χ0n) is 13.2. The molecule has 0 bridgehead atoms. The van der Waals surface area contributed by atoms with Gasteiger partial charge in [-0.05, 0) is 36.6 Å². The van der Waals surface area contributed by atoms with Crippen LogP contribution in [0.2, 0.25) is 0 Å². The molecule has 108 valence electrons. The summed E-state index contributed by atoms with van der Waals surface area (Å²) in [5, 5.41) is 2.82. The van der Waals surface area contributed by atoms with Gasteiger partial charge in [0, 0.05) is 16.8 Å². The molecule has 0 radical (unpaired) electrons. The van der Waals surface area contributed by atoms with Crippen LogP contribution in [0.15, 0.2) is 24.3 Å². The van der Waals surface area contributed by atoms with E-state index >= 15 is 0 Å². The molecule has 0 N–H and O–H groups in total. The predicted molar refractivity (Wildman–Crippen MR) is 88.3 cm³/mol. The van der Waals surface area contributed by atoms with Crippen molar-refractivity contribution in [3.63, 3.8) is 0 Å². The van der Waals surface area contributed by atoms with Crippen molar-refractivity contribution in [1.29, 1.82) is 0 Å². The fourth-order valence-electron chi connectivity index (χ4n) is 2.95. The van der Waals surface area contributed by atoms with E-state index in [-0.39, 0.29) is 0 Å². The highest BCUT2D eigenvalue weighted by atomic mass is 14.7. The summed E-state index contributed by atoms with van der Waals surface area (Å²) in [7, 11) is 0. The lowest BCUT2D eigenvalue weighted by Gasteiger charge is -2.15. The van der Waals surface area contributed by atoms with E-state index in [1.807, 2.05) is 0 Å². The number of aryl methyl sites for hydroxylation is 3. The number of pyridine rings is 1. The minimum atomic E-state index is 1.11. The monoisotopic (exact) mass is 269 g/mol. The summed E-state index contributed by atoms with van der Waals surface area (Å²) in [5.41, 5.74) is 4.15. The van der Waals surface area contributed by atoms with Gasteiger partial charge in [-0.25, -0.2) is 0 Å². The average Bonchev–Trinajstić information content (AvgIpc) is 2.48. The number of rotatable bonds is 7. The minimum Gasteiger partial charge on any atom is -0.257 e. The zero-order valence-corrected chi connectivity index (χ0v) is 13.2. The molecule has 0 saturated carbocycles. The summed E-state index contributed by atoms with van der Waals surface area (Å²) >= 11 is 0. The zero-order chi connectivity index (χ0) is 14.4. The Hall–Kier alpha value is -1.37. The summed E-state index contributed by atoms with van der Waals surface area (Å²) in [6.45, 7) is 6.76. The smallest absolute Gasteiger partial charge is 0.0485 e. The van der Waals surface area contributed by atoms with Crippen LogP contribution in [0.3, 0.4) is 0 Å². The molecule has 0 aliphatic carbocycles. The van der Waals surface area contributed by atoms with E-state index in [9.17, 15) is 0 Å². The van der Waals surface area contributed by atoms with Crippen molar-refractivity contribution in [3.05, 3.63) is 41.2 Å². The summed E-state index contributed by atoms with van der Waals surface area (Å²) in [6, 6.07) is 8.86. The summed E-state index contributed by atoms with van der Waals surface area (Å²) in [5.74, 6) is 0. The van der Waals surface area contributed by atoms with Gasteiger partial charge in [0.1, 0.15) is 0 Å². The van der Waals surface area contributed by atoms with Crippen LogP contribution >= 0.6 is 0 Å². The normalized spacial score (nSPS) is 11.2. The van der Waals surface area contributed by atoms with Gasteiger partial charge in [0.25, 0.3) is 0 Å². The minimum absolute atomic E-state index is 1.11. The second kappa shape index (κ2) is 7.42. The van der Waals surface area contributed by atoms with Crippen LogP contribution in [0, 0.1) is 0 Å². The third-order valence-corrected chi connectivity index (χ3v) is 3.94. The van der Waals surface area contributed by atoms with Crippen molar-refractivity contribution < 1.29 is 0 Å². The molecule has 0 unspecified atom stereocenters. The molecule has 1 heteroatoms. The Bertz CT molecular complexity index is 557. The molecule has 1 aromatic heterocycles. The van der Waals surface area contributed by atoms with Crippen molar-refractivity contribution >= 4 is 10.8 Å². The number of unbranched alkanes of at least 4 members (excludes halogenated alkanes) is 1. The molecule has 0 spiro atoms. The second-order valence-electron chi connectivity index (χ2n) is 5.63. The van der Waals surface area contributed by atoms with Crippen LogP contribution in [0.4, 0.5) is 0 Å². The van der Waals surface area contributed by atoms with E-state index in [2.05, 4.69) is 45.0 Å². The van der Waals surface area contributed by atoms with Crippen molar-refractivity contribution in [2.24, 2.45) is 0 Å². The van der Waals surface area contributed by atoms with Gasteiger partial charge in [0.15, 0.2) is 0 Å².